The fourth-order valence-electron chi connectivity index (χ4n) is 2.19. The van der Waals surface area contributed by atoms with Gasteiger partial charge in [-0.3, -0.25) is 4.79 Å². The Morgan fingerprint density at radius 3 is 2.60 bits per heavy atom. The quantitative estimate of drug-likeness (QED) is 0.921. The van der Waals surface area contributed by atoms with Gasteiger partial charge in [-0.25, -0.2) is 4.98 Å². The van der Waals surface area contributed by atoms with Crippen molar-refractivity contribution in [2.24, 2.45) is 0 Å². The van der Waals surface area contributed by atoms with E-state index < -0.39 is 0 Å². The minimum absolute atomic E-state index is 0.0184. The summed E-state index contributed by atoms with van der Waals surface area (Å²) >= 11 is 1.59. The molecule has 0 aliphatic heterocycles. The zero-order chi connectivity index (χ0) is 14.7. The van der Waals surface area contributed by atoms with E-state index in [0.29, 0.717) is 12.3 Å². The Labute approximate surface area is 124 Å². The van der Waals surface area contributed by atoms with E-state index in [0.717, 1.165) is 26.8 Å². The summed E-state index contributed by atoms with van der Waals surface area (Å²) < 4.78 is 0. The molecule has 0 aliphatic rings. The molecule has 0 unspecified atom stereocenters. The van der Waals surface area contributed by atoms with E-state index in [2.05, 4.69) is 30.2 Å². The SMILES string of the molecule is Cc1nc(C)c(CC(=O)Nc2ccccc2C(C)C)s1. The molecule has 2 rings (SSSR count). The summed E-state index contributed by atoms with van der Waals surface area (Å²) in [5.74, 6) is 0.406. The molecule has 1 heterocycles. The molecule has 106 valence electrons. The van der Waals surface area contributed by atoms with Crippen molar-refractivity contribution in [1.82, 2.24) is 4.98 Å². The molecule has 4 heteroatoms. The lowest BCUT2D eigenvalue weighted by molar-refractivity contribution is -0.115. The van der Waals surface area contributed by atoms with Crippen molar-refractivity contribution in [2.75, 3.05) is 5.32 Å². The third-order valence-electron chi connectivity index (χ3n) is 3.18. The van der Waals surface area contributed by atoms with E-state index in [4.69, 9.17) is 0 Å². The van der Waals surface area contributed by atoms with Crippen molar-refractivity contribution in [2.45, 2.75) is 40.0 Å². The highest BCUT2D eigenvalue weighted by Gasteiger charge is 2.12. The van der Waals surface area contributed by atoms with Crippen LogP contribution in [0.4, 0.5) is 5.69 Å². The highest BCUT2D eigenvalue weighted by molar-refractivity contribution is 7.11. The highest BCUT2D eigenvalue weighted by Crippen LogP contribution is 2.24. The molecular formula is C16H20N2OS. The molecule has 0 bridgehead atoms. The first-order valence-electron chi connectivity index (χ1n) is 6.79. The van der Waals surface area contributed by atoms with Crippen molar-refractivity contribution in [3.8, 4) is 0 Å². The number of nitrogens with one attached hydrogen (secondary N) is 1. The van der Waals surface area contributed by atoms with Gasteiger partial charge in [0, 0.05) is 10.6 Å². The van der Waals surface area contributed by atoms with E-state index in [9.17, 15) is 4.79 Å². The molecule has 0 saturated carbocycles. The molecule has 0 spiro atoms. The number of nitrogens with zero attached hydrogens (tertiary/aromatic N) is 1. The van der Waals surface area contributed by atoms with Gasteiger partial charge in [0.15, 0.2) is 0 Å². The number of amides is 1. The average molecular weight is 288 g/mol. The van der Waals surface area contributed by atoms with Crippen LogP contribution in [-0.4, -0.2) is 10.9 Å². The summed E-state index contributed by atoms with van der Waals surface area (Å²) in [5, 5.41) is 4.02. The van der Waals surface area contributed by atoms with E-state index in [1.807, 2.05) is 32.0 Å². The number of carbonyl (C=O) groups excluding carboxylic acids is 1. The van der Waals surface area contributed by atoms with E-state index in [1.165, 1.54) is 0 Å². The molecule has 0 radical (unpaired) electrons. The summed E-state index contributed by atoms with van der Waals surface area (Å²) in [4.78, 5) is 17.6. The largest absolute Gasteiger partial charge is 0.326 e. The number of hydrogen-bond acceptors (Lipinski definition) is 3. The zero-order valence-electron chi connectivity index (χ0n) is 12.4. The molecule has 1 aromatic carbocycles. The predicted molar refractivity (Wildman–Crippen MR) is 84.5 cm³/mol. The van der Waals surface area contributed by atoms with Crippen LogP contribution in [-0.2, 0) is 11.2 Å². The number of carbonyl (C=O) groups is 1. The Morgan fingerprint density at radius 2 is 2.00 bits per heavy atom. The Hall–Kier alpha value is -1.68. The Balaban J connectivity index is 2.11. The third-order valence-corrected chi connectivity index (χ3v) is 4.25. The smallest absolute Gasteiger partial charge is 0.229 e. The van der Waals surface area contributed by atoms with Gasteiger partial charge in [-0.1, -0.05) is 32.0 Å². The number of anilines is 1. The summed E-state index contributed by atoms with van der Waals surface area (Å²) in [5.41, 5.74) is 3.03. The Bertz CT molecular complexity index is 617. The third kappa shape index (κ3) is 3.45. The normalized spacial score (nSPS) is 10.8. The van der Waals surface area contributed by atoms with Gasteiger partial charge >= 0.3 is 0 Å². The fraction of sp³-hybridized carbons (Fsp3) is 0.375. The lowest BCUT2D eigenvalue weighted by Gasteiger charge is -2.13. The molecule has 20 heavy (non-hydrogen) atoms. The Kier molecular flexibility index (Phi) is 4.55. The summed E-state index contributed by atoms with van der Waals surface area (Å²) in [6.45, 7) is 8.17. The van der Waals surface area contributed by atoms with Crippen LogP contribution in [0.15, 0.2) is 24.3 Å². The minimum Gasteiger partial charge on any atom is -0.326 e. The standard InChI is InChI=1S/C16H20N2OS/c1-10(2)13-7-5-6-8-14(13)18-16(19)9-15-11(3)17-12(4)20-15/h5-8,10H,9H2,1-4H3,(H,18,19). The van der Waals surface area contributed by atoms with Crippen molar-refractivity contribution in [3.63, 3.8) is 0 Å². The molecule has 2 aromatic rings. The summed E-state index contributed by atoms with van der Waals surface area (Å²) in [6.07, 6.45) is 0.393. The molecule has 0 atom stereocenters. The monoisotopic (exact) mass is 288 g/mol. The van der Waals surface area contributed by atoms with Crippen LogP contribution >= 0.6 is 11.3 Å². The number of hydrogen-bond donors (Lipinski definition) is 1. The number of para-hydroxylation sites is 1. The second-order valence-electron chi connectivity index (χ2n) is 5.21. The number of rotatable bonds is 4. The zero-order valence-corrected chi connectivity index (χ0v) is 13.2. The first-order chi connectivity index (χ1) is 9.47. The number of aromatic nitrogens is 1. The van der Waals surface area contributed by atoms with Crippen LogP contribution < -0.4 is 5.32 Å². The molecule has 1 aromatic heterocycles. The van der Waals surface area contributed by atoms with E-state index in [1.54, 1.807) is 11.3 Å². The van der Waals surface area contributed by atoms with Crippen LogP contribution in [0.2, 0.25) is 0 Å². The molecular weight excluding hydrogens is 268 g/mol. The van der Waals surface area contributed by atoms with Gasteiger partial charge in [0.2, 0.25) is 5.91 Å². The minimum atomic E-state index is 0.0184. The second kappa shape index (κ2) is 6.18. The maximum Gasteiger partial charge on any atom is 0.229 e. The van der Waals surface area contributed by atoms with Gasteiger partial charge < -0.3 is 5.32 Å². The number of benzene rings is 1. The van der Waals surface area contributed by atoms with Gasteiger partial charge in [-0.2, -0.15) is 0 Å². The van der Waals surface area contributed by atoms with E-state index >= 15 is 0 Å². The maximum absolute atomic E-state index is 12.2. The van der Waals surface area contributed by atoms with E-state index in [-0.39, 0.29) is 5.91 Å². The van der Waals surface area contributed by atoms with Crippen molar-refractivity contribution >= 4 is 22.9 Å². The first kappa shape index (κ1) is 14.7. The Morgan fingerprint density at radius 1 is 1.30 bits per heavy atom. The summed E-state index contributed by atoms with van der Waals surface area (Å²) in [6, 6.07) is 7.96. The molecule has 0 aliphatic carbocycles. The average Bonchev–Trinajstić information content (AvgIpc) is 2.68. The lowest BCUT2D eigenvalue weighted by atomic mass is 10.0. The predicted octanol–water partition coefficient (Wildman–Crippen LogP) is 4.06. The van der Waals surface area contributed by atoms with Crippen LogP contribution in [0, 0.1) is 13.8 Å². The summed E-state index contributed by atoms with van der Waals surface area (Å²) in [7, 11) is 0. The van der Waals surface area contributed by atoms with Crippen LogP contribution in [0.5, 0.6) is 0 Å². The highest BCUT2D eigenvalue weighted by atomic mass is 32.1. The number of thiazole rings is 1. The van der Waals surface area contributed by atoms with Gasteiger partial charge in [-0.05, 0) is 31.4 Å². The van der Waals surface area contributed by atoms with Gasteiger partial charge in [0.05, 0.1) is 17.1 Å². The van der Waals surface area contributed by atoms with Crippen molar-refractivity contribution in [1.29, 1.82) is 0 Å². The molecule has 1 N–H and O–H groups in total. The molecule has 0 saturated heterocycles. The van der Waals surface area contributed by atoms with Crippen LogP contribution in [0.1, 0.15) is 40.9 Å². The fourth-order valence-corrected chi connectivity index (χ4v) is 3.13. The van der Waals surface area contributed by atoms with Crippen molar-refractivity contribution in [3.05, 3.63) is 45.4 Å². The van der Waals surface area contributed by atoms with Crippen LogP contribution in [0.25, 0.3) is 0 Å². The van der Waals surface area contributed by atoms with Gasteiger partial charge in [-0.15, -0.1) is 11.3 Å². The maximum atomic E-state index is 12.2. The molecule has 0 fully saturated rings. The topological polar surface area (TPSA) is 42.0 Å². The first-order valence-corrected chi connectivity index (χ1v) is 7.60. The lowest BCUT2D eigenvalue weighted by Crippen LogP contribution is -2.15. The van der Waals surface area contributed by atoms with Gasteiger partial charge in [0.25, 0.3) is 0 Å². The number of aryl methyl sites for hydroxylation is 2. The second-order valence-corrected chi connectivity index (χ2v) is 6.50. The molecule has 3 nitrogen and oxygen atoms in total. The van der Waals surface area contributed by atoms with Gasteiger partial charge in [0.1, 0.15) is 0 Å². The molecule has 1 amide bonds. The van der Waals surface area contributed by atoms with Crippen molar-refractivity contribution < 1.29 is 4.79 Å². The van der Waals surface area contributed by atoms with Crippen LogP contribution in [0.3, 0.4) is 0 Å².